The molecule has 0 aromatic carbocycles. The maximum atomic E-state index is 11.0. The number of carbonyl (C=O) groups excluding carboxylic acids is 2. The minimum atomic E-state index is -1.24. The van der Waals surface area contributed by atoms with Gasteiger partial charge in [-0.05, 0) is 0 Å². The van der Waals surface area contributed by atoms with Crippen molar-refractivity contribution in [2.24, 2.45) is 11.8 Å². The molecule has 1 saturated heterocycles. The van der Waals surface area contributed by atoms with Crippen LogP contribution in [0.3, 0.4) is 0 Å². The van der Waals surface area contributed by atoms with E-state index in [1.807, 2.05) is 0 Å². The molecular formula is C8H8O5. The molecule has 1 aliphatic carbocycles. The van der Waals surface area contributed by atoms with Crippen molar-refractivity contribution >= 4 is 11.9 Å². The van der Waals surface area contributed by atoms with Crippen LogP contribution in [-0.4, -0.2) is 34.4 Å². The molecule has 0 aromatic heterocycles. The molecule has 0 bridgehead atoms. The second kappa shape index (κ2) is 2.65. The van der Waals surface area contributed by atoms with E-state index in [-0.39, 0.29) is 0 Å². The number of aliphatic hydroxyl groups excluding tert-OH is 2. The molecule has 13 heavy (non-hydrogen) atoms. The van der Waals surface area contributed by atoms with Gasteiger partial charge >= 0.3 is 11.9 Å². The second-order valence-electron chi connectivity index (χ2n) is 3.16. The summed E-state index contributed by atoms with van der Waals surface area (Å²) in [6.07, 6.45) is 0.356. The van der Waals surface area contributed by atoms with E-state index in [0.29, 0.717) is 0 Å². The highest BCUT2D eigenvalue weighted by Crippen LogP contribution is 2.32. The smallest absolute Gasteiger partial charge is 0.321 e. The minimum Gasteiger partial charge on any atom is -0.392 e. The summed E-state index contributed by atoms with van der Waals surface area (Å²) >= 11 is 0. The number of ether oxygens (including phenoxy) is 1. The monoisotopic (exact) mass is 184 g/mol. The van der Waals surface area contributed by atoms with Crippen molar-refractivity contribution in [3.8, 4) is 0 Å². The van der Waals surface area contributed by atoms with Crippen LogP contribution in [0.15, 0.2) is 12.2 Å². The molecule has 4 atom stereocenters. The van der Waals surface area contributed by atoms with E-state index in [1.165, 1.54) is 12.2 Å². The number of carbonyl (C=O) groups is 2. The molecule has 2 rings (SSSR count). The minimum absolute atomic E-state index is 0.655. The second-order valence-corrected chi connectivity index (χ2v) is 3.16. The van der Waals surface area contributed by atoms with Gasteiger partial charge in [0.2, 0.25) is 0 Å². The lowest BCUT2D eigenvalue weighted by Gasteiger charge is -2.24. The fraction of sp³-hybridized carbons (Fsp3) is 0.500. The molecule has 2 N–H and O–H groups in total. The molecule has 0 saturated carbocycles. The lowest BCUT2D eigenvalue weighted by molar-refractivity contribution is -0.154. The lowest BCUT2D eigenvalue weighted by atomic mass is 9.82. The average molecular weight is 184 g/mol. The van der Waals surface area contributed by atoms with E-state index >= 15 is 0 Å². The number of rotatable bonds is 0. The fourth-order valence-electron chi connectivity index (χ4n) is 1.64. The van der Waals surface area contributed by atoms with Crippen LogP contribution >= 0.6 is 0 Å². The summed E-state index contributed by atoms with van der Waals surface area (Å²) < 4.78 is 4.33. The Morgan fingerprint density at radius 3 is 2.54 bits per heavy atom. The van der Waals surface area contributed by atoms with Crippen LogP contribution in [0, 0.1) is 11.8 Å². The molecule has 0 aromatic rings. The topological polar surface area (TPSA) is 83.8 Å². The maximum Gasteiger partial charge on any atom is 0.321 e. The fourth-order valence-corrected chi connectivity index (χ4v) is 1.64. The van der Waals surface area contributed by atoms with Crippen LogP contribution in [0.4, 0.5) is 0 Å². The molecule has 5 nitrogen and oxygen atoms in total. The largest absolute Gasteiger partial charge is 0.392 e. The molecule has 1 fully saturated rings. The Bertz CT molecular complexity index is 295. The summed E-state index contributed by atoms with van der Waals surface area (Å²) in [6.45, 7) is 0. The van der Waals surface area contributed by atoms with Crippen molar-refractivity contribution in [1.29, 1.82) is 0 Å². The molecule has 0 radical (unpaired) electrons. The maximum absolute atomic E-state index is 11.0. The molecule has 5 heteroatoms. The molecule has 1 heterocycles. The van der Waals surface area contributed by atoms with Gasteiger partial charge in [0, 0.05) is 0 Å². The zero-order valence-corrected chi connectivity index (χ0v) is 6.58. The predicted octanol–water partition coefficient (Wildman–Crippen LogP) is -1.41. The van der Waals surface area contributed by atoms with Crippen LogP contribution in [0.2, 0.25) is 0 Å². The van der Waals surface area contributed by atoms with Gasteiger partial charge in [-0.25, -0.2) is 0 Å². The van der Waals surface area contributed by atoms with Gasteiger partial charge in [-0.2, -0.15) is 0 Å². The third-order valence-corrected chi connectivity index (χ3v) is 2.37. The first-order chi connectivity index (χ1) is 6.11. The standard InChI is InChI=1S/C8H8O5/c9-4-2-1-3-5(6(4)10)8(12)13-7(3)11/h1-6,9-10H. The first kappa shape index (κ1) is 8.40. The van der Waals surface area contributed by atoms with Gasteiger partial charge < -0.3 is 14.9 Å². The van der Waals surface area contributed by atoms with Gasteiger partial charge in [0.05, 0.1) is 18.1 Å². The molecule has 0 amide bonds. The predicted molar refractivity (Wildman–Crippen MR) is 39.2 cm³/mol. The van der Waals surface area contributed by atoms with Gasteiger partial charge in [-0.1, -0.05) is 12.2 Å². The van der Waals surface area contributed by atoms with Crippen LogP contribution in [0.5, 0.6) is 0 Å². The SMILES string of the molecule is O=C1OC(=O)C2C1C=CC(O)C2O. The van der Waals surface area contributed by atoms with Crippen LogP contribution < -0.4 is 0 Å². The Balaban J connectivity index is 2.36. The number of aliphatic hydroxyl groups is 2. The third-order valence-electron chi connectivity index (χ3n) is 2.37. The first-order valence-corrected chi connectivity index (χ1v) is 3.91. The van der Waals surface area contributed by atoms with Crippen LogP contribution in [0.25, 0.3) is 0 Å². The summed E-state index contributed by atoms with van der Waals surface area (Å²) in [4.78, 5) is 22.0. The van der Waals surface area contributed by atoms with Gasteiger partial charge in [0.25, 0.3) is 0 Å². The summed E-state index contributed by atoms with van der Waals surface area (Å²) in [7, 11) is 0. The Hall–Kier alpha value is -1.20. The van der Waals surface area contributed by atoms with Crippen LogP contribution in [0.1, 0.15) is 0 Å². The molecule has 0 spiro atoms. The number of esters is 2. The zero-order chi connectivity index (χ0) is 9.59. The van der Waals surface area contributed by atoms with Crippen molar-refractivity contribution in [3.63, 3.8) is 0 Å². The zero-order valence-electron chi connectivity index (χ0n) is 6.58. The van der Waals surface area contributed by atoms with Crippen molar-refractivity contribution in [1.82, 2.24) is 0 Å². The Kier molecular flexibility index (Phi) is 1.71. The molecule has 70 valence electrons. The van der Waals surface area contributed by atoms with Gasteiger partial charge in [0.15, 0.2) is 0 Å². The van der Waals surface area contributed by atoms with Gasteiger partial charge in [-0.15, -0.1) is 0 Å². The molecule has 2 aliphatic rings. The van der Waals surface area contributed by atoms with E-state index in [4.69, 9.17) is 0 Å². The van der Waals surface area contributed by atoms with Crippen molar-refractivity contribution in [3.05, 3.63) is 12.2 Å². The summed E-state index contributed by atoms with van der Waals surface area (Å²) in [5, 5.41) is 18.6. The van der Waals surface area contributed by atoms with Crippen LogP contribution in [-0.2, 0) is 14.3 Å². The molecular weight excluding hydrogens is 176 g/mol. The summed E-state index contributed by atoms with van der Waals surface area (Å²) in [5.74, 6) is -3.08. The number of hydrogen-bond acceptors (Lipinski definition) is 5. The van der Waals surface area contributed by atoms with E-state index in [0.717, 1.165) is 0 Å². The van der Waals surface area contributed by atoms with Crippen molar-refractivity contribution in [2.45, 2.75) is 12.2 Å². The van der Waals surface area contributed by atoms with E-state index < -0.39 is 36.0 Å². The quantitative estimate of drug-likeness (QED) is 0.274. The first-order valence-electron chi connectivity index (χ1n) is 3.91. The number of fused-ring (bicyclic) bond motifs is 1. The Morgan fingerprint density at radius 1 is 1.15 bits per heavy atom. The van der Waals surface area contributed by atoms with Crippen molar-refractivity contribution < 1.29 is 24.5 Å². The average Bonchev–Trinajstić information content (AvgIpc) is 2.35. The Morgan fingerprint density at radius 2 is 1.85 bits per heavy atom. The highest BCUT2D eigenvalue weighted by Gasteiger charge is 2.50. The van der Waals surface area contributed by atoms with Gasteiger partial charge in [-0.3, -0.25) is 9.59 Å². The third kappa shape index (κ3) is 1.08. The van der Waals surface area contributed by atoms with E-state index in [2.05, 4.69) is 4.74 Å². The molecule has 4 unspecified atom stereocenters. The van der Waals surface area contributed by atoms with Gasteiger partial charge in [0.1, 0.15) is 5.92 Å². The number of cyclic esters (lactones) is 2. The summed E-state index contributed by atoms with van der Waals surface area (Å²) in [6, 6.07) is 0. The normalized spacial score (nSPS) is 43.2. The highest BCUT2D eigenvalue weighted by molar-refractivity contribution is 5.98. The van der Waals surface area contributed by atoms with E-state index in [9.17, 15) is 19.8 Å². The Labute approximate surface area is 73.6 Å². The molecule has 1 aliphatic heterocycles. The lowest BCUT2D eigenvalue weighted by Crippen LogP contribution is -2.40. The van der Waals surface area contributed by atoms with E-state index in [1.54, 1.807) is 0 Å². The van der Waals surface area contributed by atoms with Crippen molar-refractivity contribution in [2.75, 3.05) is 0 Å². The summed E-state index contributed by atoms with van der Waals surface area (Å²) in [5.41, 5.74) is 0. The highest BCUT2D eigenvalue weighted by atomic mass is 16.6. The number of hydrogen-bond donors (Lipinski definition) is 2.